The van der Waals surface area contributed by atoms with Gasteiger partial charge in [-0.1, -0.05) is 25.5 Å². The van der Waals surface area contributed by atoms with E-state index in [0.29, 0.717) is 12.1 Å². The number of benzene rings is 1. The lowest BCUT2D eigenvalue weighted by Gasteiger charge is -2.16. The Kier molecular flexibility index (Phi) is 5.49. The number of amides is 1. The van der Waals surface area contributed by atoms with E-state index in [-0.39, 0.29) is 11.9 Å². The van der Waals surface area contributed by atoms with Crippen LogP contribution in [0.5, 0.6) is 0 Å². The van der Waals surface area contributed by atoms with E-state index in [1.807, 2.05) is 18.2 Å². The summed E-state index contributed by atoms with van der Waals surface area (Å²) in [6, 6.07) is 7.43. The first-order valence-corrected chi connectivity index (χ1v) is 6.23. The van der Waals surface area contributed by atoms with Crippen molar-refractivity contribution in [2.45, 2.75) is 25.8 Å². The summed E-state index contributed by atoms with van der Waals surface area (Å²) >= 11 is 3.36. The molecule has 3 N–H and O–H groups in total. The molecule has 0 saturated carbocycles. The molecule has 16 heavy (non-hydrogen) atoms. The Labute approximate surface area is 105 Å². The topological polar surface area (TPSA) is 55.1 Å². The van der Waals surface area contributed by atoms with Crippen molar-refractivity contribution >= 4 is 21.8 Å². The first kappa shape index (κ1) is 13.2. The van der Waals surface area contributed by atoms with Crippen LogP contribution in [0.4, 0.5) is 0 Å². The van der Waals surface area contributed by atoms with Crippen molar-refractivity contribution in [1.29, 1.82) is 0 Å². The zero-order valence-corrected chi connectivity index (χ0v) is 11.0. The summed E-state index contributed by atoms with van der Waals surface area (Å²) in [6.45, 7) is 2.55. The fourth-order valence-electron chi connectivity index (χ4n) is 1.51. The summed E-state index contributed by atoms with van der Waals surface area (Å²) in [5, 5.41) is 2.93. The highest BCUT2D eigenvalue weighted by Crippen LogP contribution is 2.15. The molecule has 0 spiro atoms. The van der Waals surface area contributed by atoms with Crippen molar-refractivity contribution in [1.82, 2.24) is 5.32 Å². The first-order chi connectivity index (χ1) is 7.69. The van der Waals surface area contributed by atoms with Crippen LogP contribution in [0.15, 0.2) is 28.7 Å². The first-order valence-electron chi connectivity index (χ1n) is 5.44. The van der Waals surface area contributed by atoms with E-state index in [4.69, 9.17) is 5.73 Å². The monoisotopic (exact) mass is 284 g/mol. The Morgan fingerprint density at radius 1 is 1.50 bits per heavy atom. The Bertz CT molecular complexity index is 355. The van der Waals surface area contributed by atoms with Gasteiger partial charge >= 0.3 is 0 Å². The number of rotatable bonds is 5. The molecule has 0 aliphatic heterocycles. The molecule has 88 valence electrons. The lowest BCUT2D eigenvalue weighted by Crippen LogP contribution is -2.40. The zero-order valence-electron chi connectivity index (χ0n) is 9.37. The van der Waals surface area contributed by atoms with Crippen molar-refractivity contribution in [2.75, 3.05) is 6.54 Å². The van der Waals surface area contributed by atoms with Crippen molar-refractivity contribution in [2.24, 2.45) is 5.73 Å². The standard InChI is InChI=1S/C12H17BrN2O/c1-2-5-9(8-14)15-12(16)10-6-3-4-7-11(10)13/h3-4,6-7,9H,2,5,8,14H2,1H3,(H,15,16). The summed E-state index contributed by atoms with van der Waals surface area (Å²) in [7, 11) is 0. The second-order valence-corrected chi connectivity index (χ2v) is 4.53. The lowest BCUT2D eigenvalue weighted by molar-refractivity contribution is 0.0935. The molecular formula is C12H17BrN2O. The summed E-state index contributed by atoms with van der Waals surface area (Å²) in [5.74, 6) is -0.0728. The minimum atomic E-state index is -0.0728. The molecule has 1 amide bonds. The normalized spacial score (nSPS) is 12.2. The summed E-state index contributed by atoms with van der Waals surface area (Å²) < 4.78 is 0.805. The van der Waals surface area contributed by atoms with Gasteiger partial charge in [0, 0.05) is 17.1 Å². The SMILES string of the molecule is CCCC(CN)NC(=O)c1ccccc1Br. The minimum absolute atomic E-state index is 0.0598. The molecule has 0 fully saturated rings. The molecule has 0 bridgehead atoms. The predicted octanol–water partition coefficient (Wildman–Crippen LogP) is 2.31. The highest BCUT2D eigenvalue weighted by atomic mass is 79.9. The molecule has 1 unspecified atom stereocenters. The van der Waals surface area contributed by atoms with E-state index in [2.05, 4.69) is 28.2 Å². The number of nitrogens with one attached hydrogen (secondary N) is 1. The average molecular weight is 285 g/mol. The molecule has 1 atom stereocenters. The van der Waals surface area contributed by atoms with Crippen molar-refractivity contribution in [3.63, 3.8) is 0 Å². The molecule has 0 saturated heterocycles. The molecule has 0 aromatic heterocycles. The molecule has 0 aliphatic rings. The third-order valence-electron chi connectivity index (χ3n) is 2.38. The third kappa shape index (κ3) is 3.61. The van der Waals surface area contributed by atoms with Gasteiger partial charge in [-0.15, -0.1) is 0 Å². The van der Waals surface area contributed by atoms with Crippen LogP contribution in [0.25, 0.3) is 0 Å². The number of hydrogen-bond donors (Lipinski definition) is 2. The number of carbonyl (C=O) groups is 1. The molecule has 0 aliphatic carbocycles. The van der Waals surface area contributed by atoms with Crippen LogP contribution in [-0.4, -0.2) is 18.5 Å². The minimum Gasteiger partial charge on any atom is -0.348 e. The van der Waals surface area contributed by atoms with Gasteiger partial charge < -0.3 is 11.1 Å². The maximum absolute atomic E-state index is 11.9. The van der Waals surface area contributed by atoms with E-state index in [0.717, 1.165) is 17.3 Å². The van der Waals surface area contributed by atoms with Gasteiger partial charge in [0.25, 0.3) is 5.91 Å². The van der Waals surface area contributed by atoms with Crippen LogP contribution in [0, 0.1) is 0 Å². The maximum Gasteiger partial charge on any atom is 0.252 e. The van der Waals surface area contributed by atoms with Crippen LogP contribution in [0.3, 0.4) is 0 Å². The highest BCUT2D eigenvalue weighted by molar-refractivity contribution is 9.10. The van der Waals surface area contributed by atoms with Gasteiger partial charge in [-0.05, 0) is 34.5 Å². The molecular weight excluding hydrogens is 268 g/mol. The predicted molar refractivity (Wildman–Crippen MR) is 69.4 cm³/mol. The molecule has 4 heteroatoms. The third-order valence-corrected chi connectivity index (χ3v) is 3.07. The Hall–Kier alpha value is -0.870. The zero-order chi connectivity index (χ0) is 12.0. The number of nitrogens with two attached hydrogens (primary N) is 1. The van der Waals surface area contributed by atoms with Gasteiger partial charge in [0.05, 0.1) is 5.56 Å². The van der Waals surface area contributed by atoms with Gasteiger partial charge in [-0.2, -0.15) is 0 Å². The van der Waals surface area contributed by atoms with Gasteiger partial charge in [0.2, 0.25) is 0 Å². The lowest BCUT2D eigenvalue weighted by atomic mass is 10.1. The Balaban J connectivity index is 2.68. The second-order valence-electron chi connectivity index (χ2n) is 3.67. The summed E-state index contributed by atoms with van der Waals surface area (Å²) in [6.07, 6.45) is 1.92. The van der Waals surface area contributed by atoms with Gasteiger partial charge in [0.1, 0.15) is 0 Å². The smallest absolute Gasteiger partial charge is 0.252 e. The highest BCUT2D eigenvalue weighted by Gasteiger charge is 2.13. The van der Waals surface area contributed by atoms with Crippen LogP contribution < -0.4 is 11.1 Å². The van der Waals surface area contributed by atoms with E-state index in [1.54, 1.807) is 6.07 Å². The number of halogens is 1. The molecule has 0 radical (unpaired) electrons. The van der Waals surface area contributed by atoms with E-state index < -0.39 is 0 Å². The van der Waals surface area contributed by atoms with E-state index in [1.165, 1.54) is 0 Å². The van der Waals surface area contributed by atoms with Crippen molar-refractivity contribution in [3.8, 4) is 0 Å². The largest absolute Gasteiger partial charge is 0.348 e. The summed E-state index contributed by atoms with van der Waals surface area (Å²) in [5.41, 5.74) is 6.25. The number of carbonyl (C=O) groups excluding carboxylic acids is 1. The second kappa shape index (κ2) is 6.66. The Morgan fingerprint density at radius 3 is 2.75 bits per heavy atom. The Morgan fingerprint density at radius 2 is 2.19 bits per heavy atom. The van der Waals surface area contributed by atoms with Gasteiger partial charge in [-0.25, -0.2) is 0 Å². The molecule has 1 rings (SSSR count). The maximum atomic E-state index is 11.9. The van der Waals surface area contributed by atoms with Crippen LogP contribution >= 0.6 is 15.9 Å². The summed E-state index contributed by atoms with van der Waals surface area (Å²) in [4.78, 5) is 11.9. The van der Waals surface area contributed by atoms with Gasteiger partial charge in [-0.3, -0.25) is 4.79 Å². The quantitative estimate of drug-likeness (QED) is 0.872. The average Bonchev–Trinajstić information content (AvgIpc) is 2.28. The van der Waals surface area contributed by atoms with Crippen LogP contribution in [0.2, 0.25) is 0 Å². The van der Waals surface area contributed by atoms with E-state index >= 15 is 0 Å². The van der Waals surface area contributed by atoms with Gasteiger partial charge in [0.15, 0.2) is 0 Å². The van der Waals surface area contributed by atoms with Crippen molar-refractivity contribution < 1.29 is 4.79 Å². The fraction of sp³-hybridized carbons (Fsp3) is 0.417. The molecule has 3 nitrogen and oxygen atoms in total. The van der Waals surface area contributed by atoms with Crippen LogP contribution in [-0.2, 0) is 0 Å². The van der Waals surface area contributed by atoms with Crippen LogP contribution in [0.1, 0.15) is 30.1 Å². The molecule has 1 aromatic rings. The van der Waals surface area contributed by atoms with E-state index in [9.17, 15) is 4.79 Å². The number of hydrogen-bond acceptors (Lipinski definition) is 2. The molecule has 1 aromatic carbocycles. The fourth-order valence-corrected chi connectivity index (χ4v) is 1.97. The van der Waals surface area contributed by atoms with Crippen molar-refractivity contribution in [3.05, 3.63) is 34.3 Å². The molecule has 0 heterocycles.